The van der Waals surface area contributed by atoms with Gasteiger partial charge >= 0.3 is 11.9 Å². The molecule has 170 valence electrons. The highest BCUT2D eigenvalue weighted by molar-refractivity contribution is 5.86. The summed E-state index contributed by atoms with van der Waals surface area (Å²) in [4.78, 5) is 46.6. The van der Waals surface area contributed by atoms with Crippen molar-refractivity contribution in [3.8, 4) is 0 Å². The number of hydrogen-bond donors (Lipinski definition) is 2. The number of rotatable bonds is 10. The van der Waals surface area contributed by atoms with E-state index in [0.717, 1.165) is 24.3 Å². The van der Waals surface area contributed by atoms with E-state index in [4.69, 9.17) is 4.74 Å². The molecule has 0 aliphatic carbocycles. The lowest BCUT2D eigenvalue weighted by molar-refractivity contribution is -0.384. The van der Waals surface area contributed by atoms with Gasteiger partial charge in [-0.05, 0) is 24.1 Å². The molecule has 0 spiro atoms. The Morgan fingerprint density at radius 2 is 1.81 bits per heavy atom. The molecule has 0 radical (unpaired) electrons. The minimum absolute atomic E-state index is 0.0414. The SMILES string of the molecule is CCOC(=O)C[C@@H](c1ccc([N+](=O)[O-])cc1)[C@@H](NC(=O)Cc1ccc(F)cc1F)C(=O)O. The summed E-state index contributed by atoms with van der Waals surface area (Å²) in [6.45, 7) is 1.60. The second-order valence-electron chi connectivity index (χ2n) is 6.76. The van der Waals surface area contributed by atoms with Crippen LogP contribution in [0.4, 0.5) is 14.5 Å². The molecule has 11 heteroatoms. The van der Waals surface area contributed by atoms with Gasteiger partial charge in [0.05, 0.1) is 24.4 Å². The van der Waals surface area contributed by atoms with E-state index in [9.17, 15) is 38.4 Å². The number of hydrogen-bond acceptors (Lipinski definition) is 6. The van der Waals surface area contributed by atoms with Crippen molar-refractivity contribution in [3.05, 3.63) is 75.3 Å². The lowest BCUT2D eigenvalue weighted by atomic mass is 9.88. The summed E-state index contributed by atoms with van der Waals surface area (Å²) >= 11 is 0. The molecule has 2 aromatic carbocycles. The molecule has 0 heterocycles. The molecule has 9 nitrogen and oxygen atoms in total. The summed E-state index contributed by atoms with van der Waals surface area (Å²) < 4.78 is 31.8. The van der Waals surface area contributed by atoms with Gasteiger partial charge < -0.3 is 15.2 Å². The fourth-order valence-electron chi connectivity index (χ4n) is 3.07. The molecule has 0 saturated heterocycles. The van der Waals surface area contributed by atoms with E-state index in [1.807, 2.05) is 0 Å². The Kier molecular flexibility index (Phi) is 8.33. The first kappa shape index (κ1) is 24.4. The number of non-ortho nitro benzene ring substituents is 1. The van der Waals surface area contributed by atoms with E-state index in [2.05, 4.69) is 5.32 Å². The standard InChI is InChI=1S/C21H20F2N2O7/c1-2-32-19(27)11-16(12-4-7-15(8-5-12)25(30)31)20(21(28)29)24-18(26)9-13-3-6-14(22)10-17(13)23/h3-8,10,16,20H,2,9,11H2,1H3,(H,24,26)(H,28,29)/t16-,20+/m0/s1. The van der Waals surface area contributed by atoms with E-state index >= 15 is 0 Å². The number of carbonyl (C=O) groups excluding carboxylic acids is 2. The number of carboxylic acids is 1. The van der Waals surface area contributed by atoms with Crippen LogP contribution in [0.25, 0.3) is 0 Å². The van der Waals surface area contributed by atoms with Crippen molar-refractivity contribution in [2.45, 2.75) is 31.7 Å². The third kappa shape index (κ3) is 6.56. The molecule has 0 aliphatic heterocycles. The molecular formula is C21H20F2N2O7. The number of benzene rings is 2. The Morgan fingerprint density at radius 3 is 2.34 bits per heavy atom. The molecule has 0 fully saturated rings. The highest BCUT2D eigenvalue weighted by atomic mass is 19.1. The highest BCUT2D eigenvalue weighted by Crippen LogP contribution is 2.27. The summed E-state index contributed by atoms with van der Waals surface area (Å²) in [6, 6.07) is 5.83. The molecule has 2 atom stereocenters. The zero-order chi connectivity index (χ0) is 23.8. The topological polar surface area (TPSA) is 136 Å². The predicted octanol–water partition coefficient (Wildman–Crippen LogP) is 2.72. The number of nitrogens with one attached hydrogen (secondary N) is 1. The van der Waals surface area contributed by atoms with Crippen molar-refractivity contribution in [2.75, 3.05) is 6.61 Å². The fourth-order valence-corrected chi connectivity index (χ4v) is 3.07. The summed E-state index contributed by atoms with van der Waals surface area (Å²) in [5.74, 6) is -6.02. The lowest BCUT2D eigenvalue weighted by Crippen LogP contribution is -2.46. The normalized spacial score (nSPS) is 12.5. The van der Waals surface area contributed by atoms with E-state index in [1.54, 1.807) is 6.92 Å². The summed E-state index contributed by atoms with van der Waals surface area (Å²) in [5.41, 5.74) is -0.152. The monoisotopic (exact) mass is 450 g/mol. The molecule has 32 heavy (non-hydrogen) atoms. The van der Waals surface area contributed by atoms with E-state index in [0.29, 0.717) is 6.07 Å². The second kappa shape index (κ2) is 10.9. The molecule has 2 aromatic rings. The first-order valence-corrected chi connectivity index (χ1v) is 9.48. The maximum Gasteiger partial charge on any atom is 0.326 e. The first-order chi connectivity index (χ1) is 15.1. The summed E-state index contributed by atoms with van der Waals surface area (Å²) in [7, 11) is 0. The van der Waals surface area contributed by atoms with Gasteiger partial charge in [0.2, 0.25) is 5.91 Å². The van der Waals surface area contributed by atoms with Crippen molar-refractivity contribution in [1.82, 2.24) is 5.32 Å². The van der Waals surface area contributed by atoms with Gasteiger partial charge in [-0.1, -0.05) is 18.2 Å². The number of carbonyl (C=O) groups is 3. The molecule has 1 amide bonds. The highest BCUT2D eigenvalue weighted by Gasteiger charge is 2.33. The van der Waals surface area contributed by atoms with Gasteiger partial charge in [0.25, 0.3) is 5.69 Å². The Bertz CT molecular complexity index is 1010. The van der Waals surface area contributed by atoms with Crippen LogP contribution in [0.2, 0.25) is 0 Å². The van der Waals surface area contributed by atoms with E-state index < -0.39 is 59.2 Å². The number of esters is 1. The number of nitrogens with zero attached hydrogens (tertiary/aromatic N) is 1. The van der Waals surface area contributed by atoms with Crippen molar-refractivity contribution >= 4 is 23.5 Å². The van der Waals surface area contributed by atoms with Gasteiger partial charge in [0, 0.05) is 24.1 Å². The van der Waals surface area contributed by atoms with Gasteiger partial charge in [0.1, 0.15) is 17.7 Å². The van der Waals surface area contributed by atoms with E-state index in [-0.39, 0.29) is 23.4 Å². The molecule has 2 rings (SSSR count). The number of halogens is 2. The van der Waals surface area contributed by atoms with Crippen molar-refractivity contribution in [2.24, 2.45) is 0 Å². The average molecular weight is 450 g/mol. The minimum Gasteiger partial charge on any atom is -0.480 e. The van der Waals surface area contributed by atoms with Gasteiger partial charge in [-0.15, -0.1) is 0 Å². The van der Waals surface area contributed by atoms with Gasteiger partial charge in [-0.3, -0.25) is 19.7 Å². The molecule has 0 aromatic heterocycles. The Morgan fingerprint density at radius 1 is 1.16 bits per heavy atom. The largest absolute Gasteiger partial charge is 0.480 e. The molecule has 0 saturated carbocycles. The quantitative estimate of drug-likeness (QED) is 0.323. The van der Waals surface area contributed by atoms with Crippen LogP contribution in [0.5, 0.6) is 0 Å². The fraction of sp³-hybridized carbons (Fsp3) is 0.286. The third-order valence-corrected chi connectivity index (χ3v) is 4.57. The van der Waals surface area contributed by atoms with Crippen LogP contribution in [0.3, 0.4) is 0 Å². The summed E-state index contributed by atoms with van der Waals surface area (Å²) in [6.07, 6.45) is -1.00. The third-order valence-electron chi connectivity index (χ3n) is 4.57. The first-order valence-electron chi connectivity index (χ1n) is 9.48. The van der Waals surface area contributed by atoms with E-state index in [1.165, 1.54) is 12.1 Å². The minimum atomic E-state index is -1.63. The average Bonchev–Trinajstić information content (AvgIpc) is 2.72. The number of aliphatic carboxylic acids is 1. The van der Waals surface area contributed by atoms with Crippen molar-refractivity contribution in [3.63, 3.8) is 0 Å². The van der Waals surface area contributed by atoms with Gasteiger partial charge in [-0.2, -0.15) is 0 Å². The Labute approximate surface area is 181 Å². The Balaban J connectivity index is 2.31. The molecule has 0 unspecified atom stereocenters. The van der Waals surface area contributed by atoms with Crippen LogP contribution in [-0.4, -0.2) is 40.5 Å². The maximum atomic E-state index is 13.8. The zero-order valence-corrected chi connectivity index (χ0v) is 16.9. The number of amides is 1. The van der Waals surface area contributed by atoms with Gasteiger partial charge in [0.15, 0.2) is 0 Å². The second-order valence-corrected chi connectivity index (χ2v) is 6.76. The van der Waals surface area contributed by atoms with Crippen LogP contribution in [0.15, 0.2) is 42.5 Å². The number of nitro benzene ring substituents is 1. The smallest absolute Gasteiger partial charge is 0.326 e. The predicted molar refractivity (Wildman–Crippen MR) is 107 cm³/mol. The Hall–Kier alpha value is -3.89. The van der Waals surface area contributed by atoms with Gasteiger partial charge in [-0.25, -0.2) is 13.6 Å². The molecule has 0 aliphatic rings. The van der Waals surface area contributed by atoms with Crippen molar-refractivity contribution < 1.29 is 37.9 Å². The van der Waals surface area contributed by atoms with Crippen LogP contribution < -0.4 is 5.32 Å². The van der Waals surface area contributed by atoms with Crippen LogP contribution >= 0.6 is 0 Å². The van der Waals surface area contributed by atoms with Crippen LogP contribution in [-0.2, 0) is 25.5 Å². The van der Waals surface area contributed by atoms with Crippen molar-refractivity contribution in [1.29, 1.82) is 0 Å². The lowest BCUT2D eigenvalue weighted by Gasteiger charge is -2.25. The molecule has 0 bridgehead atoms. The number of carboxylic acid groups (broad SMARTS) is 1. The van der Waals surface area contributed by atoms with Crippen LogP contribution in [0.1, 0.15) is 30.4 Å². The number of ether oxygens (including phenoxy) is 1. The maximum absolute atomic E-state index is 13.8. The summed E-state index contributed by atoms with van der Waals surface area (Å²) in [5, 5.41) is 22.8. The zero-order valence-electron chi connectivity index (χ0n) is 16.9. The number of nitro groups is 1. The molecule has 2 N–H and O–H groups in total. The molecular weight excluding hydrogens is 430 g/mol. The van der Waals surface area contributed by atoms with Crippen LogP contribution in [0, 0.1) is 21.7 Å².